The Hall–Kier alpha value is -2.32. The third kappa shape index (κ3) is 3.86. The van der Waals surface area contributed by atoms with Gasteiger partial charge in [-0.3, -0.25) is 4.79 Å². The highest BCUT2D eigenvalue weighted by Crippen LogP contribution is 2.24. The van der Waals surface area contributed by atoms with Gasteiger partial charge in [0.1, 0.15) is 5.82 Å². The summed E-state index contributed by atoms with van der Waals surface area (Å²) >= 11 is 7.61. The molecule has 27 heavy (non-hydrogen) atoms. The van der Waals surface area contributed by atoms with Gasteiger partial charge in [0.05, 0.1) is 23.9 Å². The Morgan fingerprint density at radius 2 is 2.22 bits per heavy atom. The summed E-state index contributed by atoms with van der Waals surface area (Å²) in [5, 5.41) is 14.8. The van der Waals surface area contributed by atoms with Crippen molar-refractivity contribution in [3.05, 3.63) is 52.1 Å². The molecule has 0 bridgehead atoms. The lowest BCUT2D eigenvalue weighted by Crippen LogP contribution is -2.39. The molecule has 2 aromatic heterocycles. The van der Waals surface area contributed by atoms with Crippen molar-refractivity contribution in [1.82, 2.24) is 25.1 Å². The highest BCUT2D eigenvalue weighted by atomic mass is 35.5. The monoisotopic (exact) mass is 405 g/mol. The summed E-state index contributed by atoms with van der Waals surface area (Å²) < 4.78 is 14.0. The van der Waals surface area contributed by atoms with Gasteiger partial charge in [-0.1, -0.05) is 23.7 Å². The number of nitrogens with zero attached hydrogens (tertiary/aromatic N) is 5. The summed E-state index contributed by atoms with van der Waals surface area (Å²) in [5.41, 5.74) is 0.244. The van der Waals surface area contributed by atoms with Crippen molar-refractivity contribution in [3.63, 3.8) is 0 Å². The molecule has 0 aliphatic carbocycles. The smallest absolute Gasteiger partial charge is 0.227 e. The van der Waals surface area contributed by atoms with Gasteiger partial charge in [0.2, 0.25) is 11.7 Å². The maximum absolute atomic E-state index is 14.0. The van der Waals surface area contributed by atoms with Crippen molar-refractivity contribution >= 4 is 28.8 Å². The zero-order valence-corrected chi connectivity index (χ0v) is 16.0. The minimum atomic E-state index is -0.454. The molecular weight excluding hydrogens is 389 g/mol. The van der Waals surface area contributed by atoms with E-state index in [1.165, 1.54) is 16.9 Å². The first-order chi connectivity index (χ1) is 13.1. The van der Waals surface area contributed by atoms with E-state index in [1.54, 1.807) is 22.3 Å². The van der Waals surface area contributed by atoms with Crippen LogP contribution < -0.4 is 0 Å². The van der Waals surface area contributed by atoms with Crippen LogP contribution in [-0.4, -0.2) is 43.6 Å². The van der Waals surface area contributed by atoms with Gasteiger partial charge in [0.25, 0.3) is 0 Å². The molecule has 1 fully saturated rings. The minimum absolute atomic E-state index is 0.0339. The summed E-state index contributed by atoms with van der Waals surface area (Å²) in [6.07, 6.45) is 1.70. The van der Waals surface area contributed by atoms with Crippen LogP contribution in [0, 0.1) is 5.82 Å². The number of tetrazole rings is 1. The van der Waals surface area contributed by atoms with Crippen LogP contribution >= 0.6 is 22.9 Å². The van der Waals surface area contributed by atoms with Crippen LogP contribution in [0.25, 0.3) is 10.7 Å². The van der Waals surface area contributed by atoms with E-state index in [4.69, 9.17) is 11.6 Å². The van der Waals surface area contributed by atoms with Crippen molar-refractivity contribution in [3.8, 4) is 10.7 Å². The van der Waals surface area contributed by atoms with E-state index in [0.29, 0.717) is 18.9 Å². The number of aromatic nitrogens is 4. The first-order valence-corrected chi connectivity index (χ1v) is 9.91. The first kappa shape index (κ1) is 18.1. The van der Waals surface area contributed by atoms with Crippen molar-refractivity contribution in [2.24, 2.45) is 0 Å². The SMILES string of the molecule is O=C(Cc1c(F)cccc1Cl)N1CCC[C@@H]1Cn1nnc(-c2cccs2)n1. The Morgan fingerprint density at radius 1 is 1.33 bits per heavy atom. The highest BCUT2D eigenvalue weighted by molar-refractivity contribution is 7.13. The van der Waals surface area contributed by atoms with Gasteiger partial charge in [0, 0.05) is 17.1 Å². The second-order valence-corrected chi connectivity index (χ2v) is 7.76. The lowest BCUT2D eigenvalue weighted by Gasteiger charge is -2.24. The third-order valence-corrected chi connectivity index (χ3v) is 5.88. The number of thiophene rings is 1. The molecule has 1 aliphatic heterocycles. The topological polar surface area (TPSA) is 63.9 Å². The van der Waals surface area contributed by atoms with E-state index in [9.17, 15) is 9.18 Å². The summed E-state index contributed by atoms with van der Waals surface area (Å²) in [4.78, 5) is 17.0. The maximum atomic E-state index is 14.0. The molecule has 0 radical (unpaired) electrons. The van der Waals surface area contributed by atoms with E-state index in [-0.39, 0.29) is 29.0 Å². The molecule has 1 aliphatic rings. The zero-order valence-electron chi connectivity index (χ0n) is 14.4. The molecule has 0 unspecified atom stereocenters. The minimum Gasteiger partial charge on any atom is -0.337 e. The largest absolute Gasteiger partial charge is 0.337 e. The van der Waals surface area contributed by atoms with Crippen molar-refractivity contribution in [2.75, 3.05) is 6.54 Å². The number of carbonyl (C=O) groups is 1. The Kier molecular flexibility index (Phi) is 5.18. The molecule has 9 heteroatoms. The molecule has 4 rings (SSSR count). The van der Waals surface area contributed by atoms with E-state index in [0.717, 1.165) is 17.7 Å². The molecule has 0 N–H and O–H groups in total. The lowest BCUT2D eigenvalue weighted by atomic mass is 10.1. The normalized spacial score (nSPS) is 16.8. The van der Waals surface area contributed by atoms with Crippen LogP contribution in [0.1, 0.15) is 18.4 Å². The fourth-order valence-electron chi connectivity index (χ4n) is 3.32. The molecule has 140 valence electrons. The maximum Gasteiger partial charge on any atom is 0.227 e. The predicted molar refractivity (Wildman–Crippen MR) is 101 cm³/mol. The molecular formula is C18H17ClFN5OS. The van der Waals surface area contributed by atoms with Gasteiger partial charge in [-0.15, -0.1) is 21.5 Å². The number of hydrogen-bond acceptors (Lipinski definition) is 5. The van der Waals surface area contributed by atoms with Crippen molar-refractivity contribution in [1.29, 1.82) is 0 Å². The fourth-order valence-corrected chi connectivity index (χ4v) is 4.20. The second kappa shape index (κ2) is 7.74. The van der Waals surface area contributed by atoms with Gasteiger partial charge in [0.15, 0.2) is 0 Å². The standard InChI is InChI=1S/C18H17ClFN5OS/c19-14-5-1-6-15(20)13(14)10-17(26)24-8-2-4-12(24)11-25-22-18(21-23-25)16-7-3-9-27-16/h1,3,5-7,9,12H,2,4,8,10-11H2/t12-/m1/s1. The van der Waals surface area contributed by atoms with E-state index >= 15 is 0 Å². The molecule has 0 spiro atoms. The molecule has 6 nitrogen and oxygen atoms in total. The molecule has 1 saturated heterocycles. The number of halogens is 2. The van der Waals surface area contributed by atoms with E-state index < -0.39 is 5.82 Å². The number of benzene rings is 1. The number of rotatable bonds is 5. The quantitative estimate of drug-likeness (QED) is 0.652. The molecule has 3 heterocycles. The third-order valence-electron chi connectivity index (χ3n) is 4.66. The van der Waals surface area contributed by atoms with Crippen LogP contribution in [0.3, 0.4) is 0 Å². The molecule has 1 amide bonds. The summed E-state index contributed by atoms with van der Waals surface area (Å²) in [6, 6.07) is 8.29. The van der Waals surface area contributed by atoms with Gasteiger partial charge >= 0.3 is 0 Å². The molecule has 1 aromatic carbocycles. The van der Waals surface area contributed by atoms with Crippen LogP contribution in [0.15, 0.2) is 35.7 Å². The Morgan fingerprint density at radius 3 is 3.00 bits per heavy atom. The number of carbonyl (C=O) groups excluding carboxylic acids is 1. The highest BCUT2D eigenvalue weighted by Gasteiger charge is 2.30. The van der Waals surface area contributed by atoms with E-state index in [2.05, 4.69) is 15.4 Å². The lowest BCUT2D eigenvalue weighted by molar-refractivity contribution is -0.131. The average Bonchev–Trinajstić information content (AvgIpc) is 3.39. The summed E-state index contributed by atoms with van der Waals surface area (Å²) in [5.74, 6) is -0.00719. The molecule has 3 aromatic rings. The van der Waals surface area contributed by atoms with Gasteiger partial charge in [-0.25, -0.2) is 4.39 Å². The van der Waals surface area contributed by atoms with Crippen LogP contribution in [0.2, 0.25) is 5.02 Å². The molecule has 1 atom stereocenters. The Labute approximate surface area is 164 Å². The van der Waals surface area contributed by atoms with Crippen LogP contribution in [0.4, 0.5) is 4.39 Å². The van der Waals surface area contributed by atoms with Crippen molar-refractivity contribution < 1.29 is 9.18 Å². The number of hydrogen-bond donors (Lipinski definition) is 0. The summed E-state index contributed by atoms with van der Waals surface area (Å²) in [7, 11) is 0. The fraction of sp³-hybridized carbons (Fsp3) is 0.333. The Bertz CT molecular complexity index is 925. The van der Waals surface area contributed by atoms with E-state index in [1.807, 2.05) is 17.5 Å². The van der Waals surface area contributed by atoms with Gasteiger partial charge < -0.3 is 4.90 Å². The number of amides is 1. The van der Waals surface area contributed by atoms with Crippen molar-refractivity contribution in [2.45, 2.75) is 31.8 Å². The van der Waals surface area contributed by atoms with Crippen LogP contribution in [0.5, 0.6) is 0 Å². The number of likely N-dealkylation sites (tertiary alicyclic amines) is 1. The molecule has 0 saturated carbocycles. The summed E-state index contributed by atoms with van der Waals surface area (Å²) in [6.45, 7) is 1.11. The predicted octanol–water partition coefficient (Wildman–Crippen LogP) is 3.43. The first-order valence-electron chi connectivity index (χ1n) is 8.66. The second-order valence-electron chi connectivity index (χ2n) is 6.41. The van der Waals surface area contributed by atoms with Crippen LogP contribution in [-0.2, 0) is 17.8 Å². The zero-order chi connectivity index (χ0) is 18.8. The Balaban J connectivity index is 1.45. The van der Waals surface area contributed by atoms with Gasteiger partial charge in [-0.05, 0) is 41.6 Å². The van der Waals surface area contributed by atoms with Gasteiger partial charge in [-0.2, -0.15) is 4.80 Å². The average molecular weight is 406 g/mol.